The van der Waals surface area contributed by atoms with Crippen LogP contribution in [0.3, 0.4) is 0 Å². The summed E-state index contributed by atoms with van der Waals surface area (Å²) in [5.41, 5.74) is 0.227. The van der Waals surface area contributed by atoms with E-state index in [4.69, 9.17) is 11.6 Å². The summed E-state index contributed by atoms with van der Waals surface area (Å²) >= 11 is 5.70. The van der Waals surface area contributed by atoms with Gasteiger partial charge in [-0.2, -0.15) is 8.42 Å². The summed E-state index contributed by atoms with van der Waals surface area (Å²) in [5.74, 6) is -3.38. The predicted molar refractivity (Wildman–Crippen MR) is 104 cm³/mol. The lowest BCUT2D eigenvalue weighted by Gasteiger charge is -2.29. The minimum Gasteiger partial charge on any atom is -0.480 e. The molecule has 10 nitrogen and oxygen atoms in total. The topological polar surface area (TPSA) is 150 Å². The van der Waals surface area contributed by atoms with Crippen molar-refractivity contribution in [3.8, 4) is 0 Å². The van der Waals surface area contributed by atoms with E-state index in [2.05, 4.69) is 9.50 Å². The van der Waals surface area contributed by atoms with Crippen molar-refractivity contribution in [2.75, 3.05) is 31.8 Å². The molecule has 2 atom stereocenters. The van der Waals surface area contributed by atoms with Crippen LogP contribution in [-0.4, -0.2) is 85.3 Å². The fourth-order valence-corrected chi connectivity index (χ4v) is 3.11. The van der Waals surface area contributed by atoms with Gasteiger partial charge in [0.2, 0.25) is 0 Å². The highest BCUT2D eigenvalue weighted by molar-refractivity contribution is 7.85. The van der Waals surface area contributed by atoms with E-state index in [1.54, 1.807) is 18.2 Å². The molecule has 0 aromatic heterocycles. The quantitative estimate of drug-likeness (QED) is 0.283. The van der Waals surface area contributed by atoms with Crippen LogP contribution in [0.2, 0.25) is 0 Å². The number of hydrogen-bond acceptors (Lipinski definition) is 7. The fourth-order valence-electron chi connectivity index (χ4n) is 2.52. The van der Waals surface area contributed by atoms with E-state index in [1.807, 2.05) is 0 Å². The molecule has 0 aliphatic rings. The van der Waals surface area contributed by atoms with Crippen LogP contribution >= 0.6 is 11.6 Å². The molecule has 0 heterocycles. The molecule has 0 fully saturated rings. The monoisotopic (exact) mass is 450 g/mol. The van der Waals surface area contributed by atoms with Crippen LogP contribution in [0.5, 0.6) is 0 Å². The SMILES string of the molecule is CS(=O)(=O)OCCN(CCCl)C(CC(NC(=O)c1ccccc1)C(=O)O)C(=O)O. The second-order valence-corrected chi connectivity index (χ2v) is 8.09. The molecule has 0 saturated heterocycles. The normalized spacial score (nSPS) is 13.6. The largest absolute Gasteiger partial charge is 0.480 e. The van der Waals surface area contributed by atoms with Crippen LogP contribution in [0.15, 0.2) is 30.3 Å². The molecular weight excluding hydrogens is 428 g/mol. The molecule has 0 bridgehead atoms. The van der Waals surface area contributed by atoms with Gasteiger partial charge in [-0.05, 0) is 12.1 Å². The summed E-state index contributed by atoms with van der Waals surface area (Å²) in [4.78, 5) is 36.9. The van der Waals surface area contributed by atoms with Crippen LogP contribution in [0.25, 0.3) is 0 Å². The molecule has 0 aliphatic heterocycles. The number of carbonyl (C=O) groups excluding carboxylic acids is 1. The first-order valence-corrected chi connectivity index (χ1v) is 10.9. The van der Waals surface area contributed by atoms with Gasteiger partial charge in [0, 0.05) is 31.0 Å². The van der Waals surface area contributed by atoms with Gasteiger partial charge in [0.05, 0.1) is 12.9 Å². The summed E-state index contributed by atoms with van der Waals surface area (Å²) in [6.45, 7) is -0.395. The number of aliphatic carboxylic acids is 2. The van der Waals surface area contributed by atoms with Gasteiger partial charge in [-0.15, -0.1) is 11.6 Å². The molecule has 3 N–H and O–H groups in total. The van der Waals surface area contributed by atoms with Gasteiger partial charge in [-0.3, -0.25) is 18.7 Å². The number of hydrogen-bond donors (Lipinski definition) is 3. The number of benzene rings is 1. The predicted octanol–water partition coefficient (Wildman–Crippen LogP) is 0.230. The molecule has 1 aromatic carbocycles. The number of nitrogens with zero attached hydrogens (tertiary/aromatic N) is 1. The van der Waals surface area contributed by atoms with Gasteiger partial charge in [0.1, 0.15) is 12.1 Å². The molecule has 1 aromatic rings. The van der Waals surface area contributed by atoms with Gasteiger partial charge in [0.25, 0.3) is 16.0 Å². The lowest BCUT2D eigenvalue weighted by atomic mass is 10.0. The van der Waals surface area contributed by atoms with Crippen LogP contribution in [0.1, 0.15) is 16.8 Å². The number of rotatable bonds is 13. The van der Waals surface area contributed by atoms with Crippen molar-refractivity contribution in [2.45, 2.75) is 18.5 Å². The van der Waals surface area contributed by atoms with Crippen molar-refractivity contribution in [2.24, 2.45) is 0 Å². The standard InChI is InChI=1S/C17H23ClN2O8S/c1-29(26,27)28-10-9-20(8-7-18)14(17(24)25)11-13(16(22)23)19-15(21)12-5-3-2-4-6-12/h2-6,13-14H,7-11H2,1H3,(H,19,21)(H,22,23)(H,24,25). The second kappa shape index (κ2) is 11.7. The molecule has 0 radical (unpaired) electrons. The number of carboxylic acids is 2. The summed E-state index contributed by atoms with van der Waals surface area (Å²) in [5, 5.41) is 21.3. The van der Waals surface area contributed by atoms with Gasteiger partial charge in [-0.25, -0.2) is 4.79 Å². The third kappa shape index (κ3) is 9.22. The van der Waals surface area contributed by atoms with Crippen LogP contribution in [-0.2, 0) is 23.9 Å². The Labute approximate surface area is 173 Å². The maximum absolute atomic E-state index is 12.2. The van der Waals surface area contributed by atoms with Gasteiger partial charge in [0.15, 0.2) is 0 Å². The third-order valence-electron chi connectivity index (χ3n) is 3.87. The number of halogens is 1. The van der Waals surface area contributed by atoms with Crippen molar-refractivity contribution in [3.05, 3.63) is 35.9 Å². The number of carbonyl (C=O) groups is 3. The van der Waals surface area contributed by atoms with Gasteiger partial charge in [-0.1, -0.05) is 18.2 Å². The summed E-state index contributed by atoms with van der Waals surface area (Å²) in [6, 6.07) is 5.06. The van der Waals surface area contributed by atoms with E-state index < -0.39 is 46.5 Å². The molecule has 0 aliphatic carbocycles. The molecule has 12 heteroatoms. The van der Waals surface area contributed by atoms with E-state index in [0.29, 0.717) is 0 Å². The average Bonchev–Trinajstić information content (AvgIpc) is 2.63. The highest BCUT2D eigenvalue weighted by Gasteiger charge is 2.32. The molecule has 2 unspecified atom stereocenters. The molecule has 29 heavy (non-hydrogen) atoms. The smallest absolute Gasteiger partial charge is 0.326 e. The number of nitrogens with one attached hydrogen (secondary N) is 1. The maximum Gasteiger partial charge on any atom is 0.326 e. The fraction of sp³-hybridized carbons (Fsp3) is 0.471. The average molecular weight is 451 g/mol. The lowest BCUT2D eigenvalue weighted by molar-refractivity contribution is -0.145. The van der Waals surface area contributed by atoms with Crippen LogP contribution < -0.4 is 5.32 Å². The van der Waals surface area contributed by atoms with Crippen LogP contribution in [0, 0.1) is 0 Å². The summed E-state index contributed by atoms with van der Waals surface area (Å²) in [7, 11) is -3.72. The number of alkyl halides is 1. The first-order valence-electron chi connectivity index (χ1n) is 8.51. The molecule has 0 spiro atoms. The molecule has 162 valence electrons. The Morgan fingerprint density at radius 2 is 1.76 bits per heavy atom. The second-order valence-electron chi connectivity index (χ2n) is 6.07. The summed E-state index contributed by atoms with van der Waals surface area (Å²) in [6.07, 6.45) is 0.395. The van der Waals surface area contributed by atoms with Crippen molar-refractivity contribution < 1.29 is 37.2 Å². The Morgan fingerprint density at radius 3 is 2.24 bits per heavy atom. The zero-order valence-electron chi connectivity index (χ0n) is 15.7. The maximum atomic E-state index is 12.2. The van der Waals surface area contributed by atoms with E-state index in [-0.39, 0.29) is 31.1 Å². The Morgan fingerprint density at radius 1 is 1.14 bits per heavy atom. The zero-order valence-corrected chi connectivity index (χ0v) is 17.2. The first-order chi connectivity index (χ1) is 13.5. The highest BCUT2D eigenvalue weighted by Crippen LogP contribution is 2.11. The number of carboxylic acid groups (broad SMARTS) is 2. The van der Waals surface area contributed by atoms with Crippen LogP contribution in [0.4, 0.5) is 0 Å². The first kappa shape index (κ1) is 24.8. The van der Waals surface area contributed by atoms with Crippen molar-refractivity contribution in [1.29, 1.82) is 0 Å². The number of amides is 1. The van der Waals surface area contributed by atoms with Gasteiger partial charge < -0.3 is 15.5 Å². The lowest BCUT2D eigenvalue weighted by Crippen LogP contribution is -2.51. The van der Waals surface area contributed by atoms with Gasteiger partial charge >= 0.3 is 11.9 Å². The summed E-state index contributed by atoms with van der Waals surface area (Å²) < 4.78 is 26.8. The molecule has 1 amide bonds. The Kier molecular flexibility index (Phi) is 10.0. The molecule has 1 rings (SSSR count). The van der Waals surface area contributed by atoms with E-state index in [9.17, 15) is 33.0 Å². The third-order valence-corrected chi connectivity index (χ3v) is 4.64. The van der Waals surface area contributed by atoms with Crippen molar-refractivity contribution in [3.63, 3.8) is 0 Å². The molecule has 0 saturated carbocycles. The highest BCUT2D eigenvalue weighted by atomic mass is 35.5. The Hall–Kier alpha value is -2.21. The minimum absolute atomic E-state index is 0.0246. The Bertz CT molecular complexity index is 803. The van der Waals surface area contributed by atoms with E-state index >= 15 is 0 Å². The van der Waals surface area contributed by atoms with E-state index in [0.717, 1.165) is 6.26 Å². The van der Waals surface area contributed by atoms with E-state index in [1.165, 1.54) is 17.0 Å². The minimum atomic E-state index is -3.72. The Balaban J connectivity index is 2.92. The zero-order chi connectivity index (χ0) is 22.0. The van der Waals surface area contributed by atoms with Crippen molar-refractivity contribution >= 4 is 39.6 Å². The molecular formula is C17H23ClN2O8S. The van der Waals surface area contributed by atoms with Crippen molar-refractivity contribution in [1.82, 2.24) is 10.2 Å².